The number of carbonyl (C=O) groups excluding carboxylic acids is 3. The van der Waals surface area contributed by atoms with E-state index in [-0.39, 0.29) is 39.4 Å². The van der Waals surface area contributed by atoms with Crippen LogP contribution in [0.4, 0.5) is 5.13 Å². The summed E-state index contributed by atoms with van der Waals surface area (Å²) in [6, 6.07) is 3.42. The molecule has 0 radical (unpaired) electrons. The normalized spacial score (nSPS) is 23.9. The summed E-state index contributed by atoms with van der Waals surface area (Å²) in [6.07, 6.45) is 0.655. The number of benzene rings is 1. The molecule has 1 saturated carbocycles. The van der Waals surface area contributed by atoms with Crippen molar-refractivity contribution in [2.45, 2.75) is 30.8 Å². The van der Waals surface area contributed by atoms with E-state index in [1.165, 1.54) is 40.7 Å². The van der Waals surface area contributed by atoms with Gasteiger partial charge in [0.2, 0.25) is 0 Å². The number of amides is 3. The monoisotopic (exact) mass is 704 g/mol. The van der Waals surface area contributed by atoms with Gasteiger partial charge in [-0.15, -0.1) is 11.3 Å². The Morgan fingerprint density at radius 1 is 1.19 bits per heavy atom. The van der Waals surface area contributed by atoms with Gasteiger partial charge < -0.3 is 36.4 Å². The second kappa shape index (κ2) is 13.1. The highest BCUT2D eigenvalue weighted by Gasteiger charge is 2.55. The number of carboxylic acid groups (broad SMARTS) is 1. The number of β-lactam (4-membered cyclic amide) rings is 1. The summed E-state index contributed by atoms with van der Waals surface area (Å²) in [6.45, 7) is 0.919. The number of oxime groups is 1. The molecule has 1 aliphatic carbocycles. The summed E-state index contributed by atoms with van der Waals surface area (Å²) < 4.78 is 40.1. The maximum absolute atomic E-state index is 13.4. The maximum Gasteiger partial charge on any atom is 0.362 e. The van der Waals surface area contributed by atoms with Crippen molar-refractivity contribution in [2.24, 2.45) is 17.0 Å². The van der Waals surface area contributed by atoms with Gasteiger partial charge in [0.25, 0.3) is 23.8 Å². The molecule has 7 N–H and O–H groups in total. The van der Waals surface area contributed by atoms with Crippen LogP contribution in [-0.2, 0) is 36.1 Å². The van der Waals surface area contributed by atoms with Crippen molar-refractivity contribution in [1.82, 2.24) is 40.0 Å². The first-order chi connectivity index (χ1) is 22.9. The number of thiazole rings is 1. The van der Waals surface area contributed by atoms with E-state index in [4.69, 9.17) is 15.3 Å². The number of nitrogens with zero attached hydrogens (tertiary/aromatic N) is 6. The Balaban J connectivity index is 1.11. The van der Waals surface area contributed by atoms with Crippen LogP contribution in [0.1, 0.15) is 16.1 Å². The largest absolute Gasteiger partial charge is 0.489 e. The van der Waals surface area contributed by atoms with Crippen LogP contribution in [0, 0.1) is 11.8 Å². The number of aliphatic carboxylic acids is 1. The van der Waals surface area contributed by atoms with Crippen LogP contribution in [0.25, 0.3) is 0 Å². The number of anilines is 1. The zero-order chi connectivity index (χ0) is 34.2. The first-order valence-electron chi connectivity index (χ1n) is 14.3. The molecule has 6 rings (SSSR count). The number of carboxylic acids is 1. The Kier molecular flexibility index (Phi) is 8.96. The van der Waals surface area contributed by atoms with Crippen molar-refractivity contribution in [3.63, 3.8) is 0 Å². The van der Waals surface area contributed by atoms with Gasteiger partial charge in [0.05, 0.1) is 12.6 Å². The number of carbonyl (C=O) groups is 4. The molecule has 4 heterocycles. The minimum Gasteiger partial charge on any atom is -0.489 e. The van der Waals surface area contributed by atoms with Crippen molar-refractivity contribution in [3.8, 4) is 5.75 Å². The molecule has 1 aromatic carbocycles. The predicted molar refractivity (Wildman–Crippen MR) is 163 cm³/mol. The fourth-order valence-corrected chi connectivity index (χ4v) is 6.89. The summed E-state index contributed by atoms with van der Waals surface area (Å²) in [4.78, 5) is 63.4. The van der Waals surface area contributed by atoms with Crippen LogP contribution in [-0.4, -0.2) is 115 Å². The number of piperidine rings is 1. The molecule has 2 saturated heterocycles. The second-order valence-corrected chi connectivity index (χ2v) is 13.2. The third kappa shape index (κ3) is 6.90. The molecule has 0 unspecified atom stereocenters. The highest BCUT2D eigenvalue weighted by molar-refractivity contribution is 7.84. The number of hydrogen-bond acceptors (Lipinski definition) is 15. The molecule has 3 amide bonds. The Labute approximate surface area is 275 Å². The van der Waals surface area contributed by atoms with Gasteiger partial charge >= 0.3 is 16.3 Å². The van der Waals surface area contributed by atoms with Crippen molar-refractivity contribution in [2.75, 3.05) is 25.4 Å². The van der Waals surface area contributed by atoms with Gasteiger partial charge in [0, 0.05) is 30.1 Å². The first kappa shape index (κ1) is 32.7. The third-order valence-electron chi connectivity index (χ3n) is 7.98. The minimum atomic E-state index is -4.99. The summed E-state index contributed by atoms with van der Waals surface area (Å²) in [5.41, 5.74) is 5.39. The van der Waals surface area contributed by atoms with Crippen molar-refractivity contribution < 1.29 is 46.8 Å². The average Bonchev–Trinajstić information content (AvgIpc) is 3.57. The van der Waals surface area contributed by atoms with Crippen LogP contribution >= 0.6 is 11.3 Å². The van der Waals surface area contributed by atoms with E-state index in [2.05, 4.69) is 36.2 Å². The fourth-order valence-electron chi connectivity index (χ4n) is 5.47. The smallest absolute Gasteiger partial charge is 0.362 e. The number of nitrogens with two attached hydrogens (primary N) is 1. The van der Waals surface area contributed by atoms with Crippen LogP contribution < -0.4 is 26.4 Å². The number of fused-ring (bicyclic) bond motifs is 1. The summed E-state index contributed by atoms with van der Waals surface area (Å²) in [5, 5.41) is 27.2. The Morgan fingerprint density at radius 2 is 1.92 bits per heavy atom. The molecule has 20 nitrogen and oxygen atoms in total. The highest BCUT2D eigenvalue weighted by atomic mass is 32.2. The van der Waals surface area contributed by atoms with E-state index in [1.54, 1.807) is 0 Å². The third-order valence-corrected chi connectivity index (χ3v) is 9.60. The Bertz CT molecular complexity index is 1840. The number of aromatic nitrogens is 4. The maximum atomic E-state index is 13.4. The SMILES string of the molecule is Nc1nc(/C(=N/O[C@@H](COc2ccc(C(=O)N[C@H]3[C@@H]4CNC[C@@H]43)cc2)C(=O)O)C(=O)N[C@@H]2C(=O)N(S(=O)(=O)O)[C@@H]2Cn2cncn2)cs1. The van der Waals surface area contributed by atoms with Crippen molar-refractivity contribution in [3.05, 3.63) is 53.6 Å². The second-order valence-electron chi connectivity index (χ2n) is 11.0. The molecule has 2 aromatic heterocycles. The van der Waals surface area contributed by atoms with Gasteiger partial charge in [-0.1, -0.05) is 5.16 Å². The highest BCUT2D eigenvalue weighted by Crippen LogP contribution is 2.41. The molecule has 0 bridgehead atoms. The van der Waals surface area contributed by atoms with Crippen molar-refractivity contribution in [1.29, 1.82) is 0 Å². The van der Waals surface area contributed by atoms with E-state index in [0.717, 1.165) is 30.8 Å². The molecule has 22 heteroatoms. The number of ether oxygens (including phenoxy) is 1. The summed E-state index contributed by atoms with van der Waals surface area (Å²) in [5.74, 6) is -2.84. The zero-order valence-corrected chi connectivity index (χ0v) is 26.2. The van der Waals surface area contributed by atoms with Gasteiger partial charge in [0.1, 0.15) is 36.7 Å². The molecule has 3 fully saturated rings. The fraction of sp³-hybridized carbons (Fsp3) is 0.385. The van der Waals surface area contributed by atoms with Crippen LogP contribution in [0.3, 0.4) is 0 Å². The van der Waals surface area contributed by atoms with Gasteiger partial charge in [-0.3, -0.25) is 23.6 Å². The molecule has 6 atom stereocenters. The van der Waals surface area contributed by atoms with Gasteiger partial charge in [-0.2, -0.15) is 13.5 Å². The molecule has 254 valence electrons. The van der Waals surface area contributed by atoms with Gasteiger partial charge in [-0.25, -0.2) is 19.1 Å². The Morgan fingerprint density at radius 3 is 2.52 bits per heavy atom. The predicted octanol–water partition coefficient (Wildman–Crippen LogP) is -2.28. The van der Waals surface area contributed by atoms with Gasteiger partial charge in [0.15, 0.2) is 10.8 Å². The van der Waals surface area contributed by atoms with Crippen molar-refractivity contribution >= 4 is 56.2 Å². The molecule has 2 aliphatic heterocycles. The van der Waals surface area contributed by atoms with Crippen LogP contribution in [0.5, 0.6) is 5.75 Å². The quantitative estimate of drug-likeness (QED) is 0.0446. The average molecular weight is 705 g/mol. The van der Waals surface area contributed by atoms with E-state index >= 15 is 0 Å². The standard InChI is InChI=1S/C26H28N10O10S2/c27-26-31-16(9-47-26)20(23(38)33-21-17(7-35-11-29-10-30-35)36(24(21)39)48(42,43)44)34-46-18(25(40)41)8-45-13-3-1-12(2-4-13)22(37)32-19-14-5-28-6-15(14)19/h1-4,9-11,14-15,17-19,21,28H,5-8H2,(H2,27,31)(H,32,37)(H,33,38)(H,40,41)(H,42,43,44)/b34-20-/t14-,15+,17-,18+,19+,21+/m1/s1. The number of nitrogens with one attached hydrogen (secondary N) is 3. The molecule has 3 aliphatic rings. The van der Waals surface area contributed by atoms with E-state index in [1.807, 2.05) is 0 Å². The van der Waals surface area contributed by atoms with E-state index < -0.39 is 58.6 Å². The van der Waals surface area contributed by atoms with Gasteiger partial charge in [-0.05, 0) is 36.1 Å². The Hall–Kier alpha value is -5.19. The van der Waals surface area contributed by atoms with E-state index in [9.17, 15) is 37.3 Å². The van der Waals surface area contributed by atoms with Crippen LogP contribution in [0.2, 0.25) is 0 Å². The number of hydrogen-bond donors (Lipinski definition) is 6. The minimum absolute atomic E-state index is 0.0269. The molecular formula is C26H28N10O10S2. The lowest BCUT2D eigenvalue weighted by Gasteiger charge is -2.43. The lowest BCUT2D eigenvalue weighted by Crippen LogP contribution is -2.73. The molecule has 48 heavy (non-hydrogen) atoms. The topological polar surface area (TPSA) is 283 Å². The number of nitrogen functional groups attached to an aromatic ring is 1. The lowest BCUT2D eigenvalue weighted by atomic mass is 9.98. The first-order valence-corrected chi connectivity index (χ1v) is 16.5. The zero-order valence-electron chi connectivity index (χ0n) is 24.6. The number of rotatable bonds is 14. The summed E-state index contributed by atoms with van der Waals surface area (Å²) >= 11 is 0.930. The molecule has 3 aromatic rings. The van der Waals surface area contributed by atoms with Crippen LogP contribution in [0.15, 0.2) is 47.5 Å². The summed E-state index contributed by atoms with van der Waals surface area (Å²) in [7, 11) is -4.99. The molecule has 0 spiro atoms. The van der Waals surface area contributed by atoms with E-state index in [0.29, 0.717) is 17.4 Å². The molecular weight excluding hydrogens is 676 g/mol. The lowest BCUT2D eigenvalue weighted by molar-refractivity contribution is -0.152.